The maximum Gasteiger partial charge on any atom is 0.320 e. The van der Waals surface area contributed by atoms with Crippen LogP contribution in [0.3, 0.4) is 0 Å². The number of ether oxygens (including phenoxy) is 2. The van der Waals surface area contributed by atoms with Crippen molar-refractivity contribution >= 4 is 23.3 Å². The lowest BCUT2D eigenvalue weighted by molar-refractivity contribution is 0.288. The molecule has 0 aliphatic rings. The van der Waals surface area contributed by atoms with Crippen LogP contribution in [0.25, 0.3) is 0 Å². The third-order valence-electron chi connectivity index (χ3n) is 2.38. The fraction of sp³-hybridized carbons (Fsp3) is 0.385. The zero-order chi connectivity index (χ0) is 14.4. The van der Waals surface area contributed by atoms with Gasteiger partial charge in [0.15, 0.2) is 11.5 Å². The highest BCUT2D eigenvalue weighted by Crippen LogP contribution is 2.31. The highest BCUT2D eigenvalue weighted by Gasteiger charge is 2.09. The molecule has 2 rings (SSSR count). The molecule has 0 spiro atoms. The minimum atomic E-state index is 0.183. The van der Waals surface area contributed by atoms with E-state index in [4.69, 9.17) is 25.5 Å². The summed E-state index contributed by atoms with van der Waals surface area (Å²) in [5, 5.41) is 10.6. The number of hydrogen-bond acceptors (Lipinski definition) is 6. The van der Waals surface area contributed by atoms with Gasteiger partial charge in [0.05, 0.1) is 13.2 Å². The van der Waals surface area contributed by atoms with E-state index in [0.717, 1.165) is 5.69 Å². The van der Waals surface area contributed by atoms with E-state index in [1.54, 1.807) is 0 Å². The second-order valence-electron chi connectivity index (χ2n) is 3.79. The van der Waals surface area contributed by atoms with Crippen molar-refractivity contribution in [2.24, 2.45) is 0 Å². The summed E-state index contributed by atoms with van der Waals surface area (Å²) in [5.74, 6) is 1.91. The standard InChI is InChI=1S/C13H16ClN3O3/c1-3-18-10-6-5-9(7-11(10)19-4-2)15-13-17-16-12(8-14)20-13/h5-7H,3-4,8H2,1-2H3,(H,15,17). The normalized spacial score (nSPS) is 10.3. The third kappa shape index (κ3) is 3.54. The first-order chi connectivity index (χ1) is 9.76. The third-order valence-corrected chi connectivity index (χ3v) is 2.60. The molecule has 1 aromatic carbocycles. The first-order valence-corrected chi connectivity index (χ1v) is 6.85. The van der Waals surface area contributed by atoms with Gasteiger partial charge in [-0.3, -0.25) is 0 Å². The second-order valence-corrected chi connectivity index (χ2v) is 4.05. The minimum absolute atomic E-state index is 0.183. The first kappa shape index (κ1) is 14.5. The quantitative estimate of drug-likeness (QED) is 0.790. The first-order valence-electron chi connectivity index (χ1n) is 6.31. The van der Waals surface area contributed by atoms with Crippen LogP contribution in [0.1, 0.15) is 19.7 Å². The van der Waals surface area contributed by atoms with Crippen molar-refractivity contribution in [3.8, 4) is 11.5 Å². The van der Waals surface area contributed by atoms with Crippen LogP contribution in [-0.2, 0) is 5.88 Å². The van der Waals surface area contributed by atoms with Gasteiger partial charge in [-0.1, -0.05) is 5.10 Å². The van der Waals surface area contributed by atoms with Crippen molar-refractivity contribution in [2.75, 3.05) is 18.5 Å². The van der Waals surface area contributed by atoms with Crippen molar-refractivity contribution < 1.29 is 13.9 Å². The predicted molar refractivity (Wildman–Crippen MR) is 75.9 cm³/mol. The predicted octanol–water partition coefficient (Wildman–Crippen LogP) is 3.35. The Hall–Kier alpha value is -1.95. The van der Waals surface area contributed by atoms with Crippen molar-refractivity contribution in [1.29, 1.82) is 0 Å². The summed E-state index contributed by atoms with van der Waals surface area (Å²) < 4.78 is 16.3. The Kier molecular flexibility index (Phi) is 5.06. The van der Waals surface area contributed by atoms with Gasteiger partial charge in [0, 0.05) is 11.8 Å². The lowest BCUT2D eigenvalue weighted by atomic mass is 10.2. The van der Waals surface area contributed by atoms with E-state index in [2.05, 4.69) is 15.5 Å². The molecule has 2 aromatic rings. The van der Waals surface area contributed by atoms with Gasteiger partial charge >= 0.3 is 6.01 Å². The topological polar surface area (TPSA) is 69.4 Å². The van der Waals surface area contributed by atoms with E-state index in [1.165, 1.54) is 0 Å². The van der Waals surface area contributed by atoms with E-state index in [9.17, 15) is 0 Å². The van der Waals surface area contributed by atoms with Gasteiger partial charge in [0.25, 0.3) is 0 Å². The van der Waals surface area contributed by atoms with Crippen LogP contribution in [0, 0.1) is 0 Å². The number of alkyl halides is 1. The van der Waals surface area contributed by atoms with Gasteiger partial charge in [0.2, 0.25) is 5.89 Å². The van der Waals surface area contributed by atoms with Gasteiger partial charge in [-0.05, 0) is 26.0 Å². The summed E-state index contributed by atoms with van der Waals surface area (Å²) in [6.07, 6.45) is 0. The highest BCUT2D eigenvalue weighted by molar-refractivity contribution is 6.16. The van der Waals surface area contributed by atoms with Crippen LogP contribution in [0.4, 0.5) is 11.7 Å². The maximum atomic E-state index is 5.60. The van der Waals surface area contributed by atoms with E-state index in [-0.39, 0.29) is 11.9 Å². The Labute approximate surface area is 122 Å². The van der Waals surface area contributed by atoms with Gasteiger partial charge in [-0.25, -0.2) is 0 Å². The van der Waals surface area contributed by atoms with Crippen molar-refractivity contribution in [2.45, 2.75) is 19.7 Å². The Morgan fingerprint density at radius 1 is 1.15 bits per heavy atom. The zero-order valence-electron chi connectivity index (χ0n) is 11.4. The van der Waals surface area contributed by atoms with Crippen molar-refractivity contribution in [3.63, 3.8) is 0 Å². The zero-order valence-corrected chi connectivity index (χ0v) is 12.1. The molecule has 0 saturated heterocycles. The number of benzene rings is 1. The number of nitrogens with one attached hydrogen (secondary N) is 1. The summed E-state index contributed by atoms with van der Waals surface area (Å²) in [7, 11) is 0. The van der Waals surface area contributed by atoms with Crippen LogP contribution in [0.5, 0.6) is 11.5 Å². The molecule has 108 valence electrons. The number of rotatable bonds is 7. The number of anilines is 2. The van der Waals surface area contributed by atoms with Crippen LogP contribution < -0.4 is 14.8 Å². The lowest BCUT2D eigenvalue weighted by Gasteiger charge is -2.12. The molecular weight excluding hydrogens is 282 g/mol. The molecule has 6 nitrogen and oxygen atoms in total. The Bertz CT molecular complexity index is 560. The molecule has 1 N–H and O–H groups in total. The van der Waals surface area contributed by atoms with E-state index in [0.29, 0.717) is 30.6 Å². The average Bonchev–Trinajstić information content (AvgIpc) is 2.90. The van der Waals surface area contributed by atoms with Crippen LogP contribution in [0.15, 0.2) is 22.6 Å². The summed E-state index contributed by atoms with van der Waals surface area (Å²) in [5.41, 5.74) is 0.765. The molecule has 0 saturated carbocycles. The molecule has 0 aliphatic carbocycles. The van der Waals surface area contributed by atoms with Gasteiger partial charge in [-0.15, -0.1) is 16.7 Å². The largest absolute Gasteiger partial charge is 0.490 e. The number of halogens is 1. The van der Waals surface area contributed by atoms with Gasteiger partial charge in [-0.2, -0.15) is 0 Å². The molecular formula is C13H16ClN3O3. The van der Waals surface area contributed by atoms with Crippen molar-refractivity contribution in [1.82, 2.24) is 10.2 Å². The summed E-state index contributed by atoms with van der Waals surface area (Å²) in [6.45, 7) is 4.98. The molecule has 0 aliphatic heterocycles. The Morgan fingerprint density at radius 3 is 2.55 bits per heavy atom. The summed E-state index contributed by atoms with van der Waals surface area (Å²) in [4.78, 5) is 0. The molecule has 1 aromatic heterocycles. The Balaban J connectivity index is 2.17. The summed E-state index contributed by atoms with van der Waals surface area (Å²) in [6, 6.07) is 5.78. The number of hydrogen-bond donors (Lipinski definition) is 1. The molecule has 0 atom stereocenters. The maximum absolute atomic E-state index is 5.60. The fourth-order valence-corrected chi connectivity index (χ4v) is 1.72. The average molecular weight is 298 g/mol. The van der Waals surface area contributed by atoms with Crippen molar-refractivity contribution in [3.05, 3.63) is 24.1 Å². The van der Waals surface area contributed by atoms with Gasteiger partial charge < -0.3 is 19.2 Å². The molecule has 0 radical (unpaired) electrons. The molecule has 0 unspecified atom stereocenters. The Morgan fingerprint density at radius 2 is 1.90 bits per heavy atom. The van der Waals surface area contributed by atoms with Gasteiger partial charge in [0.1, 0.15) is 5.88 Å². The lowest BCUT2D eigenvalue weighted by Crippen LogP contribution is -1.99. The molecule has 0 fully saturated rings. The summed E-state index contributed by atoms with van der Waals surface area (Å²) >= 11 is 5.60. The molecule has 7 heteroatoms. The molecule has 1 heterocycles. The monoisotopic (exact) mass is 297 g/mol. The number of aromatic nitrogens is 2. The SMILES string of the molecule is CCOc1ccc(Nc2nnc(CCl)o2)cc1OCC. The number of nitrogens with zero attached hydrogens (tertiary/aromatic N) is 2. The smallest absolute Gasteiger partial charge is 0.320 e. The minimum Gasteiger partial charge on any atom is -0.490 e. The van der Waals surface area contributed by atoms with Crippen LogP contribution in [0.2, 0.25) is 0 Å². The fourth-order valence-electron chi connectivity index (χ4n) is 1.61. The van der Waals surface area contributed by atoms with Crippen LogP contribution >= 0.6 is 11.6 Å². The molecule has 20 heavy (non-hydrogen) atoms. The molecule has 0 amide bonds. The van der Waals surface area contributed by atoms with E-state index in [1.807, 2.05) is 32.0 Å². The van der Waals surface area contributed by atoms with E-state index < -0.39 is 0 Å². The van der Waals surface area contributed by atoms with E-state index >= 15 is 0 Å². The second kappa shape index (κ2) is 7.00. The highest BCUT2D eigenvalue weighted by atomic mass is 35.5. The molecule has 0 bridgehead atoms. The van der Waals surface area contributed by atoms with Crippen LogP contribution in [-0.4, -0.2) is 23.4 Å².